The highest BCUT2D eigenvalue weighted by molar-refractivity contribution is 6.14. The Morgan fingerprint density at radius 1 is 0.291 bits per heavy atom. The van der Waals surface area contributed by atoms with E-state index in [1.807, 2.05) is 118 Å². The number of nitriles is 5. The summed E-state index contributed by atoms with van der Waals surface area (Å²) in [7, 11) is 0. The van der Waals surface area contributed by atoms with Crippen LogP contribution in [0.25, 0.3) is 122 Å². The minimum atomic E-state index is -5.22. The van der Waals surface area contributed by atoms with Gasteiger partial charge in [-0.2, -0.15) is 52.7 Å². The Balaban J connectivity index is 1.10. The van der Waals surface area contributed by atoms with Crippen molar-refractivity contribution in [2.45, 2.75) is 12.4 Å². The van der Waals surface area contributed by atoms with Crippen molar-refractivity contribution in [3.63, 3.8) is 0 Å². The Labute approximate surface area is 487 Å². The summed E-state index contributed by atoms with van der Waals surface area (Å²) in [6, 6.07) is 74.8. The number of rotatable bonds is 8. The lowest BCUT2D eigenvalue weighted by Crippen LogP contribution is -2.12. The molecule has 0 saturated carbocycles. The molecule has 2 heterocycles. The predicted octanol–water partition coefficient (Wildman–Crippen LogP) is 19.3. The molecule has 0 spiro atoms. The summed E-state index contributed by atoms with van der Waals surface area (Å²) in [5, 5.41) is 53.6. The van der Waals surface area contributed by atoms with Gasteiger partial charge in [-0.05, 0) is 195 Å². The lowest BCUT2D eigenvalue weighted by atomic mass is 9.91. The smallest absolute Gasteiger partial charge is 0.309 e. The van der Waals surface area contributed by atoms with E-state index in [0.29, 0.717) is 50.7 Å². The van der Waals surface area contributed by atoms with Crippen LogP contribution in [0.2, 0.25) is 0 Å². The van der Waals surface area contributed by atoms with Crippen LogP contribution in [0.15, 0.2) is 224 Å². The summed E-state index contributed by atoms with van der Waals surface area (Å²) >= 11 is 0. The van der Waals surface area contributed by atoms with Crippen LogP contribution in [-0.4, -0.2) is 9.13 Å². The summed E-state index contributed by atoms with van der Waals surface area (Å²) in [6.07, 6.45) is -10.3. The van der Waals surface area contributed by atoms with E-state index in [2.05, 4.69) is 30.3 Å². The van der Waals surface area contributed by atoms with Crippen molar-refractivity contribution >= 4 is 43.6 Å². The zero-order chi connectivity index (χ0) is 59.6. The van der Waals surface area contributed by atoms with Crippen molar-refractivity contribution in [2.24, 2.45) is 0 Å². The molecule has 11 aromatic carbocycles. The van der Waals surface area contributed by atoms with Crippen molar-refractivity contribution in [2.75, 3.05) is 0 Å². The van der Waals surface area contributed by atoms with Crippen LogP contribution in [-0.2, 0) is 12.4 Å². The molecule has 0 unspecified atom stereocenters. The third-order valence-electron chi connectivity index (χ3n) is 15.7. The Bertz CT molecular complexity index is 5010. The van der Waals surface area contributed by atoms with E-state index in [0.717, 1.165) is 83.2 Å². The van der Waals surface area contributed by atoms with Crippen LogP contribution in [0.1, 0.15) is 38.9 Å². The summed E-state index contributed by atoms with van der Waals surface area (Å²) in [6.45, 7) is 0. The third kappa shape index (κ3) is 9.37. The number of benzene rings is 11. The first kappa shape index (κ1) is 53.4. The molecule has 406 valence electrons. The van der Waals surface area contributed by atoms with Crippen molar-refractivity contribution in [1.82, 2.24) is 9.13 Å². The van der Waals surface area contributed by atoms with Crippen molar-refractivity contribution < 1.29 is 26.3 Å². The molecule has 0 bridgehead atoms. The first-order valence-electron chi connectivity index (χ1n) is 26.8. The number of halogens is 6. The molecule has 0 amide bonds. The Hall–Kier alpha value is -12.0. The third-order valence-corrected chi connectivity index (χ3v) is 15.7. The van der Waals surface area contributed by atoms with Crippen LogP contribution >= 0.6 is 0 Å². The standard InChI is InChI=1S/C73H37F6N7/c74-72(75,76)57-19-21-59(66(36-57)73(77,78)79)55-18-26-69(86-70-24-16-53(49-11-3-7-45(29-49)40-82)33-64(70)65-34-54(17-25-71(65)86)50-12-4-8-46(30-50)41-83)61(35-55)60-37-58(20-13-56(60)42-84)85-67-22-14-51(47-9-1-5-43(27-47)38-80)31-62(67)63-32-52(15-23-68(63)85)48-10-2-6-44(28-48)39-81/h1-37H. The van der Waals surface area contributed by atoms with E-state index in [4.69, 9.17) is 0 Å². The topological polar surface area (TPSA) is 129 Å². The second-order valence-electron chi connectivity index (χ2n) is 20.7. The number of nitrogens with zero attached hydrogens (tertiary/aromatic N) is 7. The highest BCUT2D eigenvalue weighted by Gasteiger charge is 2.39. The molecular weight excluding hydrogens is 1090 g/mol. The molecular formula is C73H37F6N7. The van der Waals surface area contributed by atoms with Gasteiger partial charge in [-0.25, -0.2) is 0 Å². The lowest BCUT2D eigenvalue weighted by molar-refractivity contribution is -0.142. The minimum Gasteiger partial charge on any atom is -0.309 e. The Morgan fingerprint density at radius 3 is 1.07 bits per heavy atom. The minimum absolute atomic E-state index is 0.0722. The van der Waals surface area contributed by atoms with Gasteiger partial charge in [0.05, 0.1) is 97.0 Å². The van der Waals surface area contributed by atoms with Gasteiger partial charge in [-0.1, -0.05) is 84.9 Å². The van der Waals surface area contributed by atoms with Crippen molar-refractivity contribution in [1.29, 1.82) is 26.3 Å². The van der Waals surface area contributed by atoms with Gasteiger partial charge in [0.25, 0.3) is 0 Å². The number of alkyl halides is 6. The maximum Gasteiger partial charge on any atom is 0.417 e. The highest BCUT2D eigenvalue weighted by Crippen LogP contribution is 2.47. The molecule has 13 heteroatoms. The SMILES string of the molecule is N#Cc1cccc(-c2ccc3c(c2)c2cc(-c4cccc(C#N)c4)ccc2n3-c2ccc(C#N)c(-c3cc(-c4ccc(C(F)(F)F)cc4C(F)(F)F)ccc3-n3c4ccc(-c5cccc(C#N)c5)cc4c4cc(-c5cccc(C#N)c5)ccc43)c2)c1. The zero-order valence-electron chi connectivity index (χ0n) is 44.8. The molecule has 0 aliphatic carbocycles. The van der Waals surface area contributed by atoms with Gasteiger partial charge in [0, 0.05) is 38.4 Å². The van der Waals surface area contributed by atoms with Crippen molar-refractivity contribution in [3.05, 3.63) is 263 Å². The van der Waals surface area contributed by atoms with Gasteiger partial charge in [-0.3, -0.25) is 0 Å². The van der Waals surface area contributed by atoms with E-state index in [9.17, 15) is 39.5 Å². The average molecular weight is 1130 g/mol. The van der Waals surface area contributed by atoms with Crippen LogP contribution < -0.4 is 0 Å². The van der Waals surface area contributed by atoms with Gasteiger partial charge < -0.3 is 9.13 Å². The fourth-order valence-electron chi connectivity index (χ4n) is 11.7. The monoisotopic (exact) mass is 1130 g/mol. The highest BCUT2D eigenvalue weighted by atomic mass is 19.4. The summed E-state index contributed by atoms with van der Waals surface area (Å²) < 4.78 is 92.1. The molecule has 0 radical (unpaired) electrons. The average Bonchev–Trinajstić information content (AvgIpc) is 1.80. The molecule has 0 fully saturated rings. The first-order valence-corrected chi connectivity index (χ1v) is 26.8. The molecule has 0 aliphatic heterocycles. The van der Waals surface area contributed by atoms with Gasteiger partial charge in [0.1, 0.15) is 0 Å². The molecule has 0 aliphatic rings. The van der Waals surface area contributed by atoms with Gasteiger partial charge in [0.15, 0.2) is 0 Å². The summed E-state index contributed by atoms with van der Waals surface area (Å²) in [4.78, 5) is 0. The maximum absolute atomic E-state index is 15.2. The first-order chi connectivity index (χ1) is 41.6. The molecule has 0 atom stereocenters. The Morgan fingerprint density at radius 2 is 0.686 bits per heavy atom. The van der Waals surface area contributed by atoms with Crippen LogP contribution in [0, 0.1) is 56.7 Å². The number of hydrogen-bond donors (Lipinski definition) is 0. The second-order valence-corrected chi connectivity index (χ2v) is 20.7. The van der Waals surface area contributed by atoms with Crippen LogP contribution in [0.5, 0.6) is 0 Å². The van der Waals surface area contributed by atoms with E-state index in [1.54, 1.807) is 84.9 Å². The quantitative estimate of drug-likeness (QED) is 0.140. The molecule has 7 nitrogen and oxygen atoms in total. The van der Waals surface area contributed by atoms with Gasteiger partial charge in [-0.15, -0.1) is 0 Å². The predicted molar refractivity (Wildman–Crippen MR) is 321 cm³/mol. The number of hydrogen-bond acceptors (Lipinski definition) is 5. The molecule has 0 N–H and O–H groups in total. The second kappa shape index (κ2) is 20.8. The van der Waals surface area contributed by atoms with E-state index >= 15 is 13.2 Å². The molecule has 13 aromatic rings. The fourth-order valence-corrected chi connectivity index (χ4v) is 11.7. The molecule has 86 heavy (non-hydrogen) atoms. The summed E-state index contributed by atoms with van der Waals surface area (Å²) in [5.41, 5.74) is 9.07. The lowest BCUT2D eigenvalue weighted by Gasteiger charge is -2.20. The van der Waals surface area contributed by atoms with Crippen molar-refractivity contribution in [3.8, 4) is 108 Å². The van der Waals surface area contributed by atoms with Crippen LogP contribution in [0.4, 0.5) is 26.3 Å². The zero-order valence-corrected chi connectivity index (χ0v) is 44.8. The number of fused-ring (bicyclic) bond motifs is 6. The summed E-state index contributed by atoms with van der Waals surface area (Å²) in [5.74, 6) is 0. The molecule has 13 rings (SSSR count). The maximum atomic E-state index is 15.2. The van der Waals surface area contributed by atoms with Gasteiger partial charge >= 0.3 is 12.4 Å². The van der Waals surface area contributed by atoms with Gasteiger partial charge in [0.2, 0.25) is 0 Å². The number of aromatic nitrogens is 2. The van der Waals surface area contributed by atoms with Crippen LogP contribution in [0.3, 0.4) is 0 Å². The largest absolute Gasteiger partial charge is 0.417 e. The van der Waals surface area contributed by atoms with E-state index < -0.39 is 29.0 Å². The molecule has 2 aromatic heterocycles. The Kier molecular flexibility index (Phi) is 12.9. The fraction of sp³-hybridized carbons (Fsp3) is 0.0274. The normalized spacial score (nSPS) is 11.5. The van der Waals surface area contributed by atoms with E-state index in [1.165, 1.54) is 12.1 Å². The van der Waals surface area contributed by atoms with E-state index in [-0.39, 0.29) is 28.3 Å². The molecule has 0 saturated heterocycles.